The zero-order valence-corrected chi connectivity index (χ0v) is 19.7. The standard InChI is InChI=1S/C27H35N3O/c1-7-30(8-2)20-11-9-19(10-12-20)26-25-23(15-27(5,6)16-24(25)31)28-21-13-17(3)18(4)14-22(21)29-26/h9-14,25-26,29H,7-8,15-16H2,1-6H3/t25-,26+/m1/s1. The Labute approximate surface area is 186 Å². The maximum atomic E-state index is 13.4. The molecular weight excluding hydrogens is 382 g/mol. The Kier molecular flexibility index (Phi) is 5.67. The van der Waals surface area contributed by atoms with Crippen molar-refractivity contribution in [3.8, 4) is 0 Å². The van der Waals surface area contributed by atoms with E-state index in [0.29, 0.717) is 12.2 Å². The van der Waals surface area contributed by atoms with Crippen molar-refractivity contribution in [3.63, 3.8) is 0 Å². The number of rotatable bonds is 4. The summed E-state index contributed by atoms with van der Waals surface area (Å²) in [5.41, 5.74) is 7.78. The molecule has 1 heterocycles. The minimum atomic E-state index is -0.222. The van der Waals surface area contributed by atoms with Crippen LogP contribution in [0.3, 0.4) is 0 Å². The summed E-state index contributed by atoms with van der Waals surface area (Å²) >= 11 is 0. The molecule has 0 aromatic heterocycles. The Balaban J connectivity index is 1.80. The quantitative estimate of drug-likeness (QED) is 0.626. The number of carbonyl (C=O) groups is 1. The smallest absolute Gasteiger partial charge is 0.144 e. The van der Waals surface area contributed by atoms with E-state index in [1.807, 2.05) is 0 Å². The van der Waals surface area contributed by atoms with E-state index in [4.69, 9.17) is 4.99 Å². The van der Waals surface area contributed by atoms with Crippen LogP contribution in [0.1, 0.15) is 63.3 Å². The minimum absolute atomic E-state index is 0.0478. The Morgan fingerprint density at radius 2 is 1.68 bits per heavy atom. The van der Waals surface area contributed by atoms with Gasteiger partial charge in [-0.1, -0.05) is 26.0 Å². The zero-order valence-electron chi connectivity index (χ0n) is 19.7. The van der Waals surface area contributed by atoms with Gasteiger partial charge in [0.15, 0.2) is 0 Å². The SMILES string of the molecule is CCN(CC)c1ccc([C@@H]2Nc3cc(C)c(C)cc3N=C3CC(C)(C)CC(=O)[C@@H]32)cc1. The third-order valence-electron chi connectivity index (χ3n) is 6.92. The topological polar surface area (TPSA) is 44.7 Å². The second-order valence-corrected chi connectivity index (χ2v) is 9.90. The lowest BCUT2D eigenvalue weighted by Gasteiger charge is -2.37. The van der Waals surface area contributed by atoms with Crippen molar-refractivity contribution in [2.24, 2.45) is 16.3 Å². The molecule has 0 bridgehead atoms. The van der Waals surface area contributed by atoms with Crippen LogP contribution in [0.4, 0.5) is 17.1 Å². The van der Waals surface area contributed by atoms with E-state index in [9.17, 15) is 4.79 Å². The van der Waals surface area contributed by atoms with Gasteiger partial charge in [-0.05, 0) is 80.5 Å². The monoisotopic (exact) mass is 417 g/mol. The van der Waals surface area contributed by atoms with Gasteiger partial charge < -0.3 is 10.2 Å². The molecule has 1 fully saturated rings. The van der Waals surface area contributed by atoms with Gasteiger partial charge in [-0.25, -0.2) is 0 Å². The van der Waals surface area contributed by atoms with Gasteiger partial charge in [0.1, 0.15) is 5.78 Å². The maximum Gasteiger partial charge on any atom is 0.144 e. The van der Waals surface area contributed by atoms with Crippen molar-refractivity contribution in [1.29, 1.82) is 0 Å². The fraction of sp³-hybridized carbons (Fsp3) is 0.481. The molecule has 1 aliphatic carbocycles. The van der Waals surface area contributed by atoms with Gasteiger partial charge in [0, 0.05) is 30.9 Å². The van der Waals surface area contributed by atoms with E-state index in [0.717, 1.165) is 42.2 Å². The van der Waals surface area contributed by atoms with Crippen LogP contribution in [0.2, 0.25) is 0 Å². The molecule has 2 aliphatic rings. The van der Waals surface area contributed by atoms with Gasteiger partial charge >= 0.3 is 0 Å². The number of anilines is 2. The number of aliphatic imine (C=N–C) groups is 1. The van der Waals surface area contributed by atoms with E-state index in [1.54, 1.807) is 0 Å². The van der Waals surface area contributed by atoms with Crippen LogP contribution in [0.25, 0.3) is 0 Å². The molecule has 4 heteroatoms. The van der Waals surface area contributed by atoms with Gasteiger partial charge in [-0.3, -0.25) is 9.79 Å². The van der Waals surface area contributed by atoms with Crippen LogP contribution < -0.4 is 10.2 Å². The summed E-state index contributed by atoms with van der Waals surface area (Å²) in [7, 11) is 0. The Morgan fingerprint density at radius 1 is 1.03 bits per heavy atom. The van der Waals surface area contributed by atoms with Crippen molar-refractivity contribution in [2.45, 2.75) is 60.4 Å². The number of nitrogens with zero attached hydrogens (tertiary/aromatic N) is 2. The highest BCUT2D eigenvalue weighted by atomic mass is 16.1. The van der Waals surface area contributed by atoms with Crippen LogP contribution in [-0.4, -0.2) is 24.6 Å². The van der Waals surface area contributed by atoms with Gasteiger partial charge in [-0.2, -0.15) is 0 Å². The number of nitrogens with one attached hydrogen (secondary N) is 1. The summed E-state index contributed by atoms with van der Waals surface area (Å²) in [4.78, 5) is 20.8. The molecular formula is C27H35N3O. The number of hydrogen-bond donors (Lipinski definition) is 1. The molecule has 4 rings (SSSR count). The molecule has 2 aromatic rings. The lowest BCUT2D eigenvalue weighted by Crippen LogP contribution is -2.42. The molecule has 4 nitrogen and oxygen atoms in total. The summed E-state index contributed by atoms with van der Waals surface area (Å²) in [6, 6.07) is 13.0. The number of carbonyl (C=O) groups excluding carboxylic acids is 1. The summed E-state index contributed by atoms with van der Waals surface area (Å²) in [5.74, 6) is 0.0712. The molecule has 31 heavy (non-hydrogen) atoms. The summed E-state index contributed by atoms with van der Waals surface area (Å²) in [5, 5.41) is 3.73. The molecule has 2 aromatic carbocycles. The Hall–Kier alpha value is -2.62. The molecule has 1 aliphatic heterocycles. The predicted molar refractivity (Wildman–Crippen MR) is 131 cm³/mol. The van der Waals surface area contributed by atoms with Crippen molar-refractivity contribution in [2.75, 3.05) is 23.3 Å². The number of hydrogen-bond acceptors (Lipinski definition) is 4. The number of Topliss-reactive ketones (excluding diaryl/α,β-unsaturated/α-hetero) is 1. The van der Waals surface area contributed by atoms with Gasteiger partial charge in [-0.15, -0.1) is 0 Å². The fourth-order valence-electron chi connectivity index (χ4n) is 5.09. The van der Waals surface area contributed by atoms with E-state index in [1.165, 1.54) is 16.8 Å². The highest BCUT2D eigenvalue weighted by Crippen LogP contribution is 2.45. The molecule has 1 N–H and O–H groups in total. The summed E-state index contributed by atoms with van der Waals surface area (Å²) in [6.45, 7) is 14.9. The second kappa shape index (κ2) is 8.14. The molecule has 1 saturated carbocycles. The van der Waals surface area contributed by atoms with E-state index >= 15 is 0 Å². The van der Waals surface area contributed by atoms with Crippen LogP contribution in [0.5, 0.6) is 0 Å². The van der Waals surface area contributed by atoms with Crippen LogP contribution in [0.15, 0.2) is 41.4 Å². The van der Waals surface area contributed by atoms with E-state index < -0.39 is 0 Å². The number of aryl methyl sites for hydroxylation is 2. The van der Waals surface area contributed by atoms with Crippen LogP contribution in [-0.2, 0) is 4.79 Å². The normalized spacial score (nSPS) is 22.0. The van der Waals surface area contributed by atoms with Crippen molar-refractivity contribution in [3.05, 3.63) is 53.1 Å². The first kappa shape index (κ1) is 21.6. The molecule has 0 amide bonds. The predicted octanol–water partition coefficient (Wildman–Crippen LogP) is 6.39. The maximum absolute atomic E-state index is 13.4. The highest BCUT2D eigenvalue weighted by Gasteiger charge is 2.44. The van der Waals surface area contributed by atoms with Crippen molar-refractivity contribution < 1.29 is 4.79 Å². The molecule has 0 unspecified atom stereocenters. The van der Waals surface area contributed by atoms with Crippen molar-refractivity contribution >= 4 is 28.6 Å². The molecule has 0 spiro atoms. The molecule has 164 valence electrons. The van der Waals surface area contributed by atoms with Crippen LogP contribution in [0, 0.1) is 25.2 Å². The van der Waals surface area contributed by atoms with Crippen LogP contribution >= 0.6 is 0 Å². The summed E-state index contributed by atoms with van der Waals surface area (Å²) in [6.07, 6.45) is 1.45. The Bertz CT molecular complexity index is 1020. The van der Waals surface area contributed by atoms with Gasteiger partial charge in [0.05, 0.1) is 23.3 Å². The lowest BCUT2D eigenvalue weighted by molar-refractivity contribution is -0.124. The third kappa shape index (κ3) is 4.13. The first-order valence-electron chi connectivity index (χ1n) is 11.5. The van der Waals surface area contributed by atoms with E-state index in [2.05, 4.69) is 88.2 Å². The van der Waals surface area contributed by atoms with Gasteiger partial charge in [0.2, 0.25) is 0 Å². The highest BCUT2D eigenvalue weighted by molar-refractivity contribution is 6.10. The zero-order chi connectivity index (χ0) is 22.3. The third-order valence-corrected chi connectivity index (χ3v) is 6.92. The first-order chi connectivity index (χ1) is 14.7. The van der Waals surface area contributed by atoms with E-state index in [-0.39, 0.29) is 17.4 Å². The Morgan fingerprint density at radius 3 is 2.32 bits per heavy atom. The second-order valence-electron chi connectivity index (χ2n) is 9.90. The molecule has 0 saturated heterocycles. The molecule has 2 atom stereocenters. The number of ketones is 1. The number of fused-ring (bicyclic) bond motifs is 2. The first-order valence-corrected chi connectivity index (χ1v) is 11.5. The minimum Gasteiger partial charge on any atom is -0.375 e. The average molecular weight is 418 g/mol. The largest absolute Gasteiger partial charge is 0.375 e. The molecule has 0 radical (unpaired) electrons. The lowest BCUT2D eigenvalue weighted by atomic mass is 9.68. The van der Waals surface area contributed by atoms with Crippen molar-refractivity contribution in [1.82, 2.24) is 0 Å². The number of benzene rings is 2. The average Bonchev–Trinajstić information content (AvgIpc) is 2.85. The summed E-state index contributed by atoms with van der Waals surface area (Å²) < 4.78 is 0. The van der Waals surface area contributed by atoms with Gasteiger partial charge in [0.25, 0.3) is 0 Å². The fourth-order valence-corrected chi connectivity index (χ4v) is 5.09.